The summed E-state index contributed by atoms with van der Waals surface area (Å²) in [5, 5.41) is 10.7. The molecule has 1 atom stereocenters. The summed E-state index contributed by atoms with van der Waals surface area (Å²) in [6.45, 7) is -0.381. The summed E-state index contributed by atoms with van der Waals surface area (Å²) < 4.78 is 50.3. The van der Waals surface area contributed by atoms with Crippen LogP contribution in [0.5, 0.6) is 0 Å². The molecule has 0 aliphatic rings. The molecule has 4 N–H and O–H groups in total. The number of hydrogen-bond donors (Lipinski definition) is 3. The minimum Gasteiger partial charge on any atom is -0.480 e. The van der Waals surface area contributed by atoms with E-state index in [4.69, 9.17) is 10.8 Å². The Morgan fingerprint density at radius 1 is 1.44 bits per heavy atom. The molecule has 0 saturated heterocycles. The van der Waals surface area contributed by atoms with Gasteiger partial charge in [-0.25, -0.2) is 4.39 Å². The molecular formula is C10H10F4N2O2. The average Bonchev–Trinajstić information content (AvgIpc) is 2.25. The zero-order valence-corrected chi connectivity index (χ0v) is 8.96. The summed E-state index contributed by atoms with van der Waals surface area (Å²) in [7, 11) is 0. The van der Waals surface area contributed by atoms with Crippen LogP contribution >= 0.6 is 0 Å². The number of benzene rings is 1. The Morgan fingerprint density at radius 2 is 2.06 bits per heavy atom. The topological polar surface area (TPSA) is 75.3 Å². The molecule has 1 rings (SSSR count). The van der Waals surface area contributed by atoms with E-state index in [9.17, 15) is 22.4 Å². The van der Waals surface area contributed by atoms with Crippen LogP contribution in [0, 0.1) is 5.82 Å². The van der Waals surface area contributed by atoms with Crippen molar-refractivity contribution in [1.29, 1.82) is 0 Å². The van der Waals surface area contributed by atoms with E-state index in [-0.39, 0.29) is 6.54 Å². The first-order valence-corrected chi connectivity index (χ1v) is 4.81. The Labute approximate surface area is 99.4 Å². The zero-order valence-electron chi connectivity index (χ0n) is 8.96. The van der Waals surface area contributed by atoms with Gasteiger partial charge in [-0.1, -0.05) is 0 Å². The van der Waals surface area contributed by atoms with Crippen molar-refractivity contribution in [2.75, 3.05) is 11.9 Å². The molecule has 0 heterocycles. The second-order valence-electron chi connectivity index (χ2n) is 3.52. The number of hydrogen-bond acceptors (Lipinski definition) is 3. The fourth-order valence-electron chi connectivity index (χ4n) is 1.14. The van der Waals surface area contributed by atoms with Crippen LogP contribution in [0.1, 0.15) is 5.56 Å². The number of carboxylic acid groups (broad SMARTS) is 1. The van der Waals surface area contributed by atoms with Crippen LogP contribution in [0.2, 0.25) is 0 Å². The number of carbonyl (C=O) groups is 1. The molecule has 1 aromatic carbocycles. The van der Waals surface area contributed by atoms with Crippen molar-refractivity contribution in [3.05, 3.63) is 29.6 Å². The van der Waals surface area contributed by atoms with Crippen molar-refractivity contribution in [2.45, 2.75) is 12.2 Å². The normalized spacial score (nSPS) is 13.2. The molecule has 1 aromatic rings. The first-order valence-electron chi connectivity index (χ1n) is 4.81. The van der Waals surface area contributed by atoms with E-state index >= 15 is 0 Å². The molecule has 0 amide bonds. The smallest absolute Gasteiger partial charge is 0.416 e. The third kappa shape index (κ3) is 3.59. The van der Waals surface area contributed by atoms with Gasteiger partial charge in [0.2, 0.25) is 0 Å². The monoisotopic (exact) mass is 266 g/mol. The lowest BCUT2D eigenvalue weighted by molar-refractivity contribution is -0.138. The number of anilines is 1. The van der Waals surface area contributed by atoms with Gasteiger partial charge < -0.3 is 16.2 Å². The Morgan fingerprint density at radius 3 is 2.56 bits per heavy atom. The first kappa shape index (κ1) is 14.2. The number of nitrogens with two attached hydrogens (primary N) is 1. The highest BCUT2D eigenvalue weighted by Gasteiger charge is 2.31. The van der Waals surface area contributed by atoms with E-state index in [0.29, 0.717) is 18.2 Å². The van der Waals surface area contributed by atoms with Crippen LogP contribution in [0.25, 0.3) is 0 Å². The number of alkyl halides is 3. The van der Waals surface area contributed by atoms with Gasteiger partial charge in [0.15, 0.2) is 0 Å². The summed E-state index contributed by atoms with van der Waals surface area (Å²) in [6.07, 6.45) is -4.60. The minimum atomic E-state index is -4.60. The standard InChI is InChI=1S/C10H10F4N2O2/c11-6-2-1-5(10(12,13)14)3-8(6)16-4-7(15)9(17)18/h1-3,7,16H,4,15H2,(H,17,18). The van der Waals surface area contributed by atoms with Crippen LogP contribution in [0.15, 0.2) is 18.2 Å². The van der Waals surface area contributed by atoms with E-state index in [0.717, 1.165) is 0 Å². The Balaban J connectivity index is 2.85. The van der Waals surface area contributed by atoms with E-state index in [2.05, 4.69) is 5.32 Å². The molecule has 0 radical (unpaired) electrons. The van der Waals surface area contributed by atoms with Gasteiger partial charge in [-0.15, -0.1) is 0 Å². The van der Waals surface area contributed by atoms with Crippen molar-refractivity contribution >= 4 is 11.7 Å². The zero-order chi connectivity index (χ0) is 13.9. The quantitative estimate of drug-likeness (QED) is 0.724. The maximum Gasteiger partial charge on any atom is 0.416 e. The molecule has 18 heavy (non-hydrogen) atoms. The third-order valence-corrected chi connectivity index (χ3v) is 2.12. The lowest BCUT2D eigenvalue weighted by Crippen LogP contribution is -2.37. The van der Waals surface area contributed by atoms with Crippen molar-refractivity contribution in [3.8, 4) is 0 Å². The number of aliphatic carboxylic acids is 1. The molecule has 4 nitrogen and oxygen atoms in total. The molecular weight excluding hydrogens is 256 g/mol. The maximum atomic E-state index is 13.2. The van der Waals surface area contributed by atoms with Gasteiger partial charge >= 0.3 is 12.1 Å². The third-order valence-electron chi connectivity index (χ3n) is 2.12. The van der Waals surface area contributed by atoms with Crippen LogP contribution in [0.3, 0.4) is 0 Å². The van der Waals surface area contributed by atoms with Gasteiger partial charge in [-0.05, 0) is 18.2 Å². The lowest BCUT2D eigenvalue weighted by Gasteiger charge is -2.13. The second-order valence-corrected chi connectivity index (χ2v) is 3.52. The van der Waals surface area contributed by atoms with Crippen molar-refractivity contribution in [2.24, 2.45) is 5.73 Å². The molecule has 0 saturated carbocycles. The summed E-state index contributed by atoms with van der Waals surface area (Å²) in [5.74, 6) is -2.25. The minimum absolute atomic E-state index is 0.381. The number of rotatable bonds is 4. The summed E-state index contributed by atoms with van der Waals surface area (Å²) in [5.41, 5.74) is 3.66. The predicted octanol–water partition coefficient (Wildman–Crippen LogP) is 1.67. The van der Waals surface area contributed by atoms with Gasteiger partial charge in [0, 0.05) is 6.54 Å². The highest BCUT2D eigenvalue weighted by Crippen LogP contribution is 2.31. The molecule has 1 unspecified atom stereocenters. The van der Waals surface area contributed by atoms with Gasteiger partial charge in [0.05, 0.1) is 11.3 Å². The highest BCUT2D eigenvalue weighted by molar-refractivity contribution is 5.74. The van der Waals surface area contributed by atoms with Crippen LogP contribution in [-0.4, -0.2) is 23.7 Å². The highest BCUT2D eigenvalue weighted by atomic mass is 19.4. The van der Waals surface area contributed by atoms with Crippen LogP contribution in [-0.2, 0) is 11.0 Å². The van der Waals surface area contributed by atoms with Crippen molar-refractivity contribution < 1.29 is 27.5 Å². The van der Waals surface area contributed by atoms with E-state index < -0.39 is 35.3 Å². The molecule has 0 aromatic heterocycles. The number of carboxylic acids is 1. The maximum absolute atomic E-state index is 13.2. The largest absolute Gasteiger partial charge is 0.480 e. The van der Waals surface area contributed by atoms with Crippen molar-refractivity contribution in [3.63, 3.8) is 0 Å². The molecule has 0 fully saturated rings. The SMILES string of the molecule is NC(CNc1cc(C(F)(F)F)ccc1F)C(=O)O. The first-order chi connectivity index (χ1) is 8.21. The van der Waals surface area contributed by atoms with Gasteiger partial charge in [-0.3, -0.25) is 4.79 Å². The Hall–Kier alpha value is -1.83. The van der Waals surface area contributed by atoms with Crippen LogP contribution < -0.4 is 11.1 Å². The molecule has 0 aliphatic heterocycles. The average molecular weight is 266 g/mol. The lowest BCUT2D eigenvalue weighted by atomic mass is 10.2. The second kappa shape index (κ2) is 5.21. The molecule has 0 bridgehead atoms. The summed E-state index contributed by atoms with van der Waals surface area (Å²) in [6, 6.07) is 0.470. The number of halogens is 4. The van der Waals surface area contributed by atoms with E-state index in [1.807, 2.05) is 0 Å². The summed E-state index contributed by atoms with van der Waals surface area (Å²) in [4.78, 5) is 10.4. The van der Waals surface area contributed by atoms with Gasteiger partial charge in [0.1, 0.15) is 11.9 Å². The van der Waals surface area contributed by atoms with Crippen molar-refractivity contribution in [1.82, 2.24) is 0 Å². The summed E-state index contributed by atoms with van der Waals surface area (Å²) >= 11 is 0. The Bertz CT molecular complexity index is 448. The molecule has 0 spiro atoms. The molecule has 8 heteroatoms. The Kier molecular flexibility index (Phi) is 4.12. The van der Waals surface area contributed by atoms with Gasteiger partial charge in [-0.2, -0.15) is 13.2 Å². The van der Waals surface area contributed by atoms with Gasteiger partial charge in [0.25, 0.3) is 0 Å². The molecule has 100 valence electrons. The molecule has 0 aliphatic carbocycles. The fourth-order valence-corrected chi connectivity index (χ4v) is 1.14. The predicted molar refractivity (Wildman–Crippen MR) is 55.5 cm³/mol. The van der Waals surface area contributed by atoms with E-state index in [1.165, 1.54) is 0 Å². The fraction of sp³-hybridized carbons (Fsp3) is 0.300. The number of nitrogens with one attached hydrogen (secondary N) is 1. The van der Waals surface area contributed by atoms with E-state index in [1.54, 1.807) is 0 Å². The van der Waals surface area contributed by atoms with Crippen LogP contribution in [0.4, 0.5) is 23.2 Å².